The van der Waals surface area contributed by atoms with Crippen LogP contribution >= 0.6 is 0 Å². The van der Waals surface area contributed by atoms with Gasteiger partial charge in [-0.15, -0.1) is 0 Å². The maximum absolute atomic E-state index is 13.1. The highest BCUT2D eigenvalue weighted by molar-refractivity contribution is 5.25. The van der Waals surface area contributed by atoms with Gasteiger partial charge in [0, 0.05) is 7.11 Å². The highest BCUT2D eigenvalue weighted by Crippen LogP contribution is 2.18. The fourth-order valence-electron chi connectivity index (χ4n) is 1.13. The van der Waals surface area contributed by atoms with Crippen LogP contribution < -0.4 is 0 Å². The van der Waals surface area contributed by atoms with Gasteiger partial charge in [0.2, 0.25) is 0 Å². The summed E-state index contributed by atoms with van der Waals surface area (Å²) in [7, 11) is 1.48. The summed E-state index contributed by atoms with van der Waals surface area (Å²) >= 11 is 0. The minimum Gasteiger partial charge on any atom is -0.393 e. The first-order valence-corrected chi connectivity index (χ1v) is 4.08. The lowest BCUT2D eigenvalue weighted by Crippen LogP contribution is -2.06. The Morgan fingerprint density at radius 2 is 2.23 bits per heavy atom. The van der Waals surface area contributed by atoms with Gasteiger partial charge in [-0.05, 0) is 24.1 Å². The first-order chi connectivity index (χ1) is 6.19. The van der Waals surface area contributed by atoms with Crippen LogP contribution in [-0.4, -0.2) is 18.8 Å². The van der Waals surface area contributed by atoms with Crippen LogP contribution in [0, 0.1) is 12.7 Å². The van der Waals surface area contributed by atoms with Gasteiger partial charge in [-0.2, -0.15) is 0 Å². The number of halogens is 1. The quantitative estimate of drug-likeness (QED) is 0.776. The van der Waals surface area contributed by atoms with Crippen molar-refractivity contribution in [2.24, 2.45) is 0 Å². The lowest BCUT2D eigenvalue weighted by molar-refractivity contribution is 0.0482. The normalized spacial score (nSPS) is 12.9. The van der Waals surface area contributed by atoms with Crippen molar-refractivity contribution in [1.29, 1.82) is 0 Å². The fourth-order valence-corrected chi connectivity index (χ4v) is 1.13. The molecule has 1 rings (SSSR count). The zero-order chi connectivity index (χ0) is 9.84. The van der Waals surface area contributed by atoms with Crippen LogP contribution in [0.4, 0.5) is 4.39 Å². The van der Waals surface area contributed by atoms with Gasteiger partial charge in [0.1, 0.15) is 11.9 Å². The number of hydrogen-bond donors (Lipinski definition) is 1. The smallest absolute Gasteiger partial charge is 0.126 e. The van der Waals surface area contributed by atoms with Crippen molar-refractivity contribution in [2.45, 2.75) is 13.0 Å². The van der Waals surface area contributed by atoms with E-state index in [2.05, 4.69) is 0 Å². The summed E-state index contributed by atoms with van der Waals surface area (Å²) < 4.78 is 18.0. The Kier molecular flexibility index (Phi) is 3.39. The summed E-state index contributed by atoms with van der Waals surface area (Å²) in [6.07, 6.45) is -0.435. The Bertz CT molecular complexity index is 282. The van der Waals surface area contributed by atoms with E-state index in [-0.39, 0.29) is 12.4 Å². The molecule has 1 unspecified atom stereocenters. The first-order valence-electron chi connectivity index (χ1n) is 4.08. The third-order valence-corrected chi connectivity index (χ3v) is 2.02. The molecule has 0 spiro atoms. The molecule has 0 aliphatic carbocycles. The second kappa shape index (κ2) is 4.35. The van der Waals surface area contributed by atoms with Gasteiger partial charge >= 0.3 is 0 Å². The molecule has 0 aliphatic rings. The Morgan fingerprint density at radius 3 is 2.69 bits per heavy atom. The topological polar surface area (TPSA) is 29.5 Å². The van der Waals surface area contributed by atoms with Gasteiger partial charge in [0.05, 0.1) is 6.61 Å². The number of aliphatic hydroxyl groups is 1. The van der Waals surface area contributed by atoms with E-state index >= 15 is 0 Å². The molecule has 3 heteroatoms. The zero-order valence-corrected chi connectivity index (χ0v) is 7.75. The van der Waals surface area contributed by atoms with Gasteiger partial charge < -0.3 is 9.84 Å². The molecule has 0 radical (unpaired) electrons. The molecule has 0 fully saturated rings. The second-order valence-electron chi connectivity index (χ2n) is 2.92. The van der Waals surface area contributed by atoms with Gasteiger partial charge in [-0.25, -0.2) is 4.39 Å². The lowest BCUT2D eigenvalue weighted by atomic mass is 10.1. The molecule has 0 saturated heterocycles. The van der Waals surface area contributed by atoms with Crippen molar-refractivity contribution in [2.75, 3.05) is 13.7 Å². The van der Waals surface area contributed by atoms with Gasteiger partial charge in [0.15, 0.2) is 0 Å². The number of aliphatic hydroxyl groups excluding tert-OH is 1. The average molecular weight is 184 g/mol. The van der Waals surface area contributed by atoms with E-state index in [0.717, 1.165) is 0 Å². The summed E-state index contributed by atoms with van der Waals surface area (Å²) in [5.74, 6) is -0.270. The predicted octanol–water partition coefficient (Wildman–Crippen LogP) is 1.81. The largest absolute Gasteiger partial charge is 0.393 e. The maximum atomic E-state index is 13.1. The molecule has 72 valence electrons. The van der Waals surface area contributed by atoms with Gasteiger partial charge in [0.25, 0.3) is 0 Å². The molecular formula is C10H13FO2. The molecule has 0 aromatic heterocycles. The minimum absolute atomic E-state index is 0.140. The SMILES string of the molecule is COC(CO)c1ccc(C)c(F)c1. The van der Waals surface area contributed by atoms with E-state index in [1.807, 2.05) is 0 Å². The summed E-state index contributed by atoms with van der Waals surface area (Å²) in [6.45, 7) is 1.55. The van der Waals surface area contributed by atoms with E-state index in [1.54, 1.807) is 19.1 Å². The van der Waals surface area contributed by atoms with E-state index in [0.29, 0.717) is 11.1 Å². The Labute approximate surface area is 77.0 Å². The Hall–Kier alpha value is -0.930. The summed E-state index contributed by atoms with van der Waals surface area (Å²) in [4.78, 5) is 0. The molecule has 0 aliphatic heterocycles. The van der Waals surface area contributed by atoms with Crippen LogP contribution in [0.1, 0.15) is 17.2 Å². The third kappa shape index (κ3) is 2.26. The van der Waals surface area contributed by atoms with Crippen molar-refractivity contribution < 1.29 is 14.2 Å². The van der Waals surface area contributed by atoms with E-state index in [9.17, 15) is 4.39 Å². The number of ether oxygens (including phenoxy) is 1. The zero-order valence-electron chi connectivity index (χ0n) is 7.75. The molecule has 0 amide bonds. The molecular weight excluding hydrogens is 171 g/mol. The molecule has 0 bridgehead atoms. The van der Waals surface area contributed by atoms with Crippen LogP contribution in [0.15, 0.2) is 18.2 Å². The lowest BCUT2D eigenvalue weighted by Gasteiger charge is -2.12. The fraction of sp³-hybridized carbons (Fsp3) is 0.400. The van der Waals surface area contributed by atoms with E-state index < -0.39 is 6.10 Å². The first kappa shape index (κ1) is 10.2. The van der Waals surface area contributed by atoms with Crippen LogP contribution in [-0.2, 0) is 4.74 Å². The van der Waals surface area contributed by atoms with Crippen molar-refractivity contribution in [1.82, 2.24) is 0 Å². The molecule has 0 saturated carbocycles. The molecule has 1 aromatic carbocycles. The minimum atomic E-state index is -0.435. The van der Waals surface area contributed by atoms with Crippen LogP contribution in [0.2, 0.25) is 0 Å². The Balaban J connectivity index is 2.95. The monoisotopic (exact) mass is 184 g/mol. The molecule has 0 heterocycles. The average Bonchev–Trinajstić information content (AvgIpc) is 2.13. The van der Waals surface area contributed by atoms with E-state index in [4.69, 9.17) is 9.84 Å². The highest BCUT2D eigenvalue weighted by Gasteiger charge is 2.10. The van der Waals surface area contributed by atoms with Crippen molar-refractivity contribution in [3.63, 3.8) is 0 Å². The molecule has 2 nitrogen and oxygen atoms in total. The predicted molar refractivity (Wildman–Crippen MR) is 48.0 cm³/mol. The van der Waals surface area contributed by atoms with Crippen LogP contribution in [0.5, 0.6) is 0 Å². The molecule has 1 N–H and O–H groups in total. The molecule has 1 aromatic rings. The van der Waals surface area contributed by atoms with Crippen molar-refractivity contribution >= 4 is 0 Å². The van der Waals surface area contributed by atoms with Crippen molar-refractivity contribution in [3.8, 4) is 0 Å². The summed E-state index contributed by atoms with van der Waals surface area (Å²) in [5.41, 5.74) is 1.25. The second-order valence-corrected chi connectivity index (χ2v) is 2.92. The number of rotatable bonds is 3. The number of hydrogen-bond acceptors (Lipinski definition) is 2. The maximum Gasteiger partial charge on any atom is 0.126 e. The number of aryl methyl sites for hydroxylation is 1. The number of methoxy groups -OCH3 is 1. The third-order valence-electron chi connectivity index (χ3n) is 2.02. The number of benzene rings is 1. The highest BCUT2D eigenvalue weighted by atomic mass is 19.1. The van der Waals surface area contributed by atoms with Crippen molar-refractivity contribution in [3.05, 3.63) is 35.1 Å². The van der Waals surface area contributed by atoms with Crippen LogP contribution in [0.3, 0.4) is 0 Å². The summed E-state index contributed by atoms with van der Waals surface area (Å²) in [6, 6.07) is 4.81. The van der Waals surface area contributed by atoms with Gasteiger partial charge in [-0.3, -0.25) is 0 Å². The summed E-state index contributed by atoms with van der Waals surface area (Å²) in [5, 5.41) is 8.89. The standard InChI is InChI=1S/C10H13FO2/c1-7-3-4-8(5-9(7)11)10(6-12)13-2/h3-5,10,12H,6H2,1-2H3. The van der Waals surface area contributed by atoms with Gasteiger partial charge in [-0.1, -0.05) is 12.1 Å². The van der Waals surface area contributed by atoms with Crippen LogP contribution in [0.25, 0.3) is 0 Å². The molecule has 13 heavy (non-hydrogen) atoms. The van der Waals surface area contributed by atoms with E-state index in [1.165, 1.54) is 13.2 Å². The molecule has 1 atom stereocenters. The Morgan fingerprint density at radius 1 is 1.54 bits per heavy atom.